The van der Waals surface area contributed by atoms with Crippen molar-refractivity contribution >= 4 is 12.1 Å². The van der Waals surface area contributed by atoms with Crippen LogP contribution in [-0.4, -0.2) is 23.7 Å². The molecule has 1 unspecified atom stereocenters. The van der Waals surface area contributed by atoms with Gasteiger partial charge in [0.05, 0.1) is 13.0 Å². The monoisotopic (exact) mass is 221 g/mol. The number of benzene rings is 1. The molecule has 0 radical (unpaired) electrons. The van der Waals surface area contributed by atoms with Crippen LogP contribution in [0, 0.1) is 0 Å². The second-order valence-corrected chi connectivity index (χ2v) is 3.59. The number of hydrogen-bond donors (Lipinski definition) is 2. The van der Waals surface area contributed by atoms with Crippen LogP contribution in [0.5, 0.6) is 0 Å². The van der Waals surface area contributed by atoms with E-state index in [-0.39, 0.29) is 12.5 Å². The lowest BCUT2D eigenvalue weighted by molar-refractivity contribution is -0.136. The number of carboxylic acid groups (broad SMARTS) is 1. The number of carbonyl (C=O) groups excluding carboxylic acids is 1. The Morgan fingerprint density at radius 2 is 2.12 bits per heavy atom. The van der Waals surface area contributed by atoms with Gasteiger partial charge in [-0.25, -0.2) is 4.79 Å². The van der Waals surface area contributed by atoms with Crippen molar-refractivity contribution in [2.75, 3.05) is 6.54 Å². The van der Waals surface area contributed by atoms with E-state index in [0.717, 1.165) is 11.1 Å². The molecule has 1 saturated heterocycles. The highest BCUT2D eigenvalue weighted by Gasteiger charge is 2.23. The van der Waals surface area contributed by atoms with Crippen LogP contribution in [0.25, 0.3) is 0 Å². The molecular formula is C11H11NO4. The van der Waals surface area contributed by atoms with Crippen LogP contribution in [0.2, 0.25) is 0 Å². The van der Waals surface area contributed by atoms with Crippen LogP contribution in [-0.2, 0) is 16.0 Å². The topological polar surface area (TPSA) is 75.6 Å². The van der Waals surface area contributed by atoms with Crippen LogP contribution in [0.3, 0.4) is 0 Å². The molecule has 0 saturated carbocycles. The van der Waals surface area contributed by atoms with Crippen molar-refractivity contribution in [2.45, 2.75) is 12.5 Å². The summed E-state index contributed by atoms with van der Waals surface area (Å²) in [7, 11) is 0. The summed E-state index contributed by atoms with van der Waals surface area (Å²) in [6.45, 7) is 0.455. The maximum atomic E-state index is 10.8. The Balaban J connectivity index is 2.07. The van der Waals surface area contributed by atoms with Crippen molar-refractivity contribution in [2.24, 2.45) is 0 Å². The van der Waals surface area contributed by atoms with E-state index in [4.69, 9.17) is 9.84 Å². The van der Waals surface area contributed by atoms with Crippen molar-refractivity contribution in [1.29, 1.82) is 0 Å². The fourth-order valence-electron chi connectivity index (χ4n) is 1.60. The van der Waals surface area contributed by atoms with Crippen LogP contribution in [0.1, 0.15) is 17.2 Å². The van der Waals surface area contributed by atoms with Gasteiger partial charge in [0.2, 0.25) is 0 Å². The van der Waals surface area contributed by atoms with Gasteiger partial charge in [-0.3, -0.25) is 4.79 Å². The number of rotatable bonds is 3. The lowest BCUT2D eigenvalue weighted by atomic mass is 10.1. The molecule has 1 heterocycles. The third kappa shape index (κ3) is 2.31. The molecule has 1 amide bonds. The van der Waals surface area contributed by atoms with E-state index in [1.807, 2.05) is 0 Å². The molecule has 5 nitrogen and oxygen atoms in total. The highest BCUT2D eigenvalue weighted by molar-refractivity contribution is 5.70. The highest BCUT2D eigenvalue weighted by Crippen LogP contribution is 2.21. The van der Waals surface area contributed by atoms with Gasteiger partial charge in [-0.1, -0.05) is 24.3 Å². The molecule has 2 N–H and O–H groups in total. The SMILES string of the molecule is O=C(O)Cc1ccc(C2CNC(=O)O2)cc1. The van der Waals surface area contributed by atoms with Crippen molar-refractivity contribution in [3.8, 4) is 0 Å². The van der Waals surface area contributed by atoms with Gasteiger partial charge in [0, 0.05) is 0 Å². The molecule has 1 fully saturated rings. The third-order valence-electron chi connectivity index (χ3n) is 2.39. The number of carboxylic acids is 1. The van der Waals surface area contributed by atoms with Gasteiger partial charge in [-0.15, -0.1) is 0 Å². The Kier molecular flexibility index (Phi) is 2.76. The van der Waals surface area contributed by atoms with Crippen LogP contribution in [0.4, 0.5) is 4.79 Å². The van der Waals surface area contributed by atoms with Crippen molar-refractivity contribution < 1.29 is 19.4 Å². The minimum Gasteiger partial charge on any atom is -0.481 e. The average Bonchev–Trinajstić information content (AvgIpc) is 2.65. The first-order valence-electron chi connectivity index (χ1n) is 4.90. The summed E-state index contributed by atoms with van der Waals surface area (Å²) in [5.41, 5.74) is 1.60. The van der Waals surface area contributed by atoms with E-state index in [2.05, 4.69) is 5.32 Å². The first-order valence-corrected chi connectivity index (χ1v) is 4.90. The molecule has 0 spiro atoms. The Hall–Kier alpha value is -2.04. The minimum atomic E-state index is -0.860. The molecule has 1 aromatic carbocycles. The Morgan fingerprint density at radius 3 is 2.62 bits per heavy atom. The van der Waals surface area contributed by atoms with Gasteiger partial charge in [0.15, 0.2) is 0 Å². The molecule has 1 aromatic rings. The smallest absolute Gasteiger partial charge is 0.407 e. The molecule has 0 bridgehead atoms. The average molecular weight is 221 g/mol. The predicted octanol–water partition coefficient (Wildman–Crippen LogP) is 1.09. The number of nitrogens with one attached hydrogen (secondary N) is 1. The molecular weight excluding hydrogens is 210 g/mol. The molecule has 2 rings (SSSR count). The largest absolute Gasteiger partial charge is 0.481 e. The molecule has 16 heavy (non-hydrogen) atoms. The second-order valence-electron chi connectivity index (χ2n) is 3.59. The van der Waals surface area contributed by atoms with E-state index in [9.17, 15) is 9.59 Å². The summed E-state index contributed by atoms with van der Waals surface area (Å²) in [6.07, 6.45) is -0.686. The third-order valence-corrected chi connectivity index (χ3v) is 2.39. The molecule has 0 aromatic heterocycles. The maximum absolute atomic E-state index is 10.8. The summed E-state index contributed by atoms with van der Waals surface area (Å²) in [5.74, 6) is -0.860. The molecule has 1 aliphatic rings. The fraction of sp³-hybridized carbons (Fsp3) is 0.273. The van der Waals surface area contributed by atoms with E-state index in [1.54, 1.807) is 24.3 Å². The molecule has 0 aliphatic carbocycles. The number of amides is 1. The fourth-order valence-corrected chi connectivity index (χ4v) is 1.60. The number of ether oxygens (including phenoxy) is 1. The lowest BCUT2D eigenvalue weighted by Gasteiger charge is -2.08. The molecule has 1 atom stereocenters. The zero-order valence-corrected chi connectivity index (χ0v) is 8.47. The van der Waals surface area contributed by atoms with Gasteiger partial charge in [-0.2, -0.15) is 0 Å². The normalized spacial score (nSPS) is 19.0. The van der Waals surface area contributed by atoms with E-state index < -0.39 is 12.1 Å². The van der Waals surface area contributed by atoms with Crippen molar-refractivity contribution in [1.82, 2.24) is 5.32 Å². The zero-order valence-electron chi connectivity index (χ0n) is 8.47. The maximum Gasteiger partial charge on any atom is 0.407 e. The summed E-state index contributed by atoms with van der Waals surface area (Å²) in [5, 5.41) is 11.2. The van der Waals surface area contributed by atoms with Gasteiger partial charge in [0.1, 0.15) is 6.10 Å². The van der Waals surface area contributed by atoms with Crippen molar-refractivity contribution in [3.05, 3.63) is 35.4 Å². The Labute approximate surface area is 92.0 Å². The van der Waals surface area contributed by atoms with Gasteiger partial charge in [-0.05, 0) is 11.1 Å². The lowest BCUT2D eigenvalue weighted by Crippen LogP contribution is -2.12. The Morgan fingerprint density at radius 1 is 1.44 bits per heavy atom. The highest BCUT2D eigenvalue weighted by atomic mass is 16.6. The first-order chi connectivity index (χ1) is 7.65. The number of alkyl carbamates (subject to hydrolysis) is 1. The van der Waals surface area contributed by atoms with Gasteiger partial charge < -0.3 is 15.2 Å². The summed E-state index contributed by atoms with van der Waals surface area (Å²) in [4.78, 5) is 21.3. The summed E-state index contributed by atoms with van der Waals surface area (Å²) < 4.78 is 5.00. The zero-order chi connectivity index (χ0) is 11.5. The standard InChI is InChI=1S/C11H11NO4/c13-10(14)5-7-1-3-8(4-2-7)9-6-12-11(15)16-9/h1-4,9H,5-6H2,(H,12,15)(H,13,14). The van der Waals surface area contributed by atoms with E-state index >= 15 is 0 Å². The number of hydrogen-bond acceptors (Lipinski definition) is 3. The van der Waals surface area contributed by atoms with Crippen molar-refractivity contribution in [3.63, 3.8) is 0 Å². The van der Waals surface area contributed by atoms with Crippen LogP contribution < -0.4 is 5.32 Å². The number of cyclic esters (lactones) is 1. The minimum absolute atomic E-state index is 0.00296. The van der Waals surface area contributed by atoms with Crippen LogP contribution >= 0.6 is 0 Å². The molecule has 1 aliphatic heterocycles. The molecule has 5 heteroatoms. The van der Waals surface area contributed by atoms with E-state index in [0.29, 0.717) is 6.54 Å². The quantitative estimate of drug-likeness (QED) is 0.801. The predicted molar refractivity (Wildman–Crippen MR) is 55.0 cm³/mol. The Bertz CT molecular complexity index is 412. The van der Waals surface area contributed by atoms with Gasteiger partial charge >= 0.3 is 12.1 Å². The number of aliphatic carboxylic acids is 1. The molecule has 84 valence electrons. The number of carbonyl (C=O) groups is 2. The van der Waals surface area contributed by atoms with Crippen LogP contribution in [0.15, 0.2) is 24.3 Å². The summed E-state index contributed by atoms with van der Waals surface area (Å²) in [6, 6.07) is 7.03. The summed E-state index contributed by atoms with van der Waals surface area (Å²) >= 11 is 0. The second kappa shape index (κ2) is 4.22. The van der Waals surface area contributed by atoms with E-state index in [1.165, 1.54) is 0 Å². The first kappa shape index (κ1) is 10.5. The van der Waals surface area contributed by atoms with Gasteiger partial charge in [0.25, 0.3) is 0 Å².